The molecular weight excluding hydrogens is 643 g/mol. The number of aromatic nitrogens is 3. The molecule has 2 fully saturated rings. The van der Waals surface area contributed by atoms with Crippen molar-refractivity contribution in [3.8, 4) is 22.9 Å². The summed E-state index contributed by atoms with van der Waals surface area (Å²) in [5.41, 5.74) is 1.95. The van der Waals surface area contributed by atoms with Gasteiger partial charge in [0.15, 0.2) is 5.75 Å². The number of pyridine rings is 1. The predicted molar refractivity (Wildman–Crippen MR) is 181 cm³/mol. The summed E-state index contributed by atoms with van der Waals surface area (Å²) in [4.78, 5) is 42.2. The lowest BCUT2D eigenvalue weighted by Crippen LogP contribution is -2.46. The molecule has 0 atom stereocenters. The number of methoxy groups -OCH3 is 1. The molecule has 5 rings (SSSR count). The van der Waals surface area contributed by atoms with E-state index in [9.17, 15) is 9.59 Å². The van der Waals surface area contributed by atoms with Gasteiger partial charge in [-0.3, -0.25) is 9.69 Å². The smallest absolute Gasteiger partial charge is 0.407 e. The molecule has 0 spiro atoms. The number of rotatable bonds is 9. The molecule has 0 radical (unpaired) electrons. The second-order valence-electron chi connectivity index (χ2n) is 13.1. The first-order valence-corrected chi connectivity index (χ1v) is 16.7. The number of nitrogens with one attached hydrogen (secondary N) is 1. The fourth-order valence-electron chi connectivity index (χ4n) is 5.82. The minimum atomic E-state index is -0.533. The van der Waals surface area contributed by atoms with Gasteiger partial charge in [-0.15, -0.1) is 0 Å². The second-order valence-corrected chi connectivity index (χ2v) is 14.0. The molecule has 2 aliphatic heterocycles. The maximum absolute atomic E-state index is 12.2. The Hall–Kier alpha value is -3.67. The van der Waals surface area contributed by atoms with Crippen LogP contribution in [0.1, 0.15) is 58.4 Å². The van der Waals surface area contributed by atoms with E-state index in [1.54, 1.807) is 18.5 Å². The number of carbonyl (C=O) groups is 2. The van der Waals surface area contributed by atoms with Crippen molar-refractivity contribution < 1.29 is 23.8 Å². The number of likely N-dealkylation sites (tertiary alicyclic amines) is 1. The average molecular weight is 686 g/mol. The van der Waals surface area contributed by atoms with E-state index in [-0.39, 0.29) is 12.0 Å². The molecule has 13 heteroatoms. The molecular formula is C34H42Cl2N6O5. The van der Waals surface area contributed by atoms with Crippen molar-refractivity contribution in [1.82, 2.24) is 25.2 Å². The number of piperidine rings is 2. The molecule has 0 bridgehead atoms. The molecule has 1 aromatic carbocycles. The molecule has 0 unspecified atom stereocenters. The Kier molecular flexibility index (Phi) is 11.4. The van der Waals surface area contributed by atoms with Gasteiger partial charge in [0.1, 0.15) is 5.60 Å². The van der Waals surface area contributed by atoms with Crippen molar-refractivity contribution in [3.05, 3.63) is 58.3 Å². The summed E-state index contributed by atoms with van der Waals surface area (Å²) < 4.78 is 16.4. The van der Waals surface area contributed by atoms with Gasteiger partial charge in [0.25, 0.3) is 0 Å². The quantitative estimate of drug-likeness (QED) is 0.238. The zero-order chi connectivity index (χ0) is 33.6. The maximum atomic E-state index is 12.2. The summed E-state index contributed by atoms with van der Waals surface area (Å²) in [5.74, 6) is 1.64. The summed E-state index contributed by atoms with van der Waals surface area (Å²) in [6.45, 7) is 9.40. The Labute approximate surface area is 285 Å². The molecule has 47 heavy (non-hydrogen) atoms. The van der Waals surface area contributed by atoms with Crippen molar-refractivity contribution in [2.75, 3.05) is 38.2 Å². The van der Waals surface area contributed by atoms with Crippen molar-refractivity contribution in [1.29, 1.82) is 0 Å². The average Bonchev–Trinajstić information content (AvgIpc) is 3.01. The van der Waals surface area contributed by atoms with E-state index in [1.165, 1.54) is 7.11 Å². The van der Waals surface area contributed by atoms with Gasteiger partial charge in [0.05, 0.1) is 25.2 Å². The molecule has 3 aromatic rings. The minimum Gasteiger partial charge on any atom is -0.469 e. The van der Waals surface area contributed by atoms with Crippen LogP contribution in [0.15, 0.2) is 42.7 Å². The summed E-state index contributed by atoms with van der Waals surface area (Å²) in [6, 6.07) is 9.32. The Balaban J connectivity index is 1.24. The molecule has 0 saturated carbocycles. The number of amides is 1. The molecule has 2 saturated heterocycles. The fourth-order valence-corrected chi connectivity index (χ4v) is 6.35. The minimum absolute atomic E-state index is 0.0388. The van der Waals surface area contributed by atoms with Crippen LogP contribution in [0.25, 0.3) is 11.3 Å². The first kappa shape index (κ1) is 34.7. The number of nitrogens with zero attached hydrogens (tertiary/aromatic N) is 5. The number of alkyl carbamates (subject to hydrolysis) is 1. The first-order chi connectivity index (χ1) is 22.4. The van der Waals surface area contributed by atoms with Gasteiger partial charge >= 0.3 is 12.1 Å². The van der Waals surface area contributed by atoms with Gasteiger partial charge < -0.3 is 24.4 Å². The van der Waals surface area contributed by atoms with Crippen LogP contribution in [0.2, 0.25) is 10.0 Å². The van der Waals surface area contributed by atoms with E-state index >= 15 is 0 Å². The highest BCUT2D eigenvalue weighted by atomic mass is 35.5. The van der Waals surface area contributed by atoms with Gasteiger partial charge in [0.2, 0.25) is 11.8 Å². The molecule has 0 aliphatic carbocycles. The van der Waals surface area contributed by atoms with Gasteiger partial charge in [-0.2, -0.15) is 0 Å². The number of ether oxygens (including phenoxy) is 3. The summed E-state index contributed by atoms with van der Waals surface area (Å²) in [6.07, 6.45) is 6.74. The van der Waals surface area contributed by atoms with E-state index in [4.69, 9.17) is 42.4 Å². The van der Waals surface area contributed by atoms with E-state index in [0.717, 1.165) is 49.9 Å². The Morgan fingerprint density at radius 2 is 1.60 bits per heavy atom. The van der Waals surface area contributed by atoms with E-state index < -0.39 is 11.7 Å². The number of anilines is 1. The van der Waals surface area contributed by atoms with Crippen LogP contribution < -0.4 is 15.0 Å². The standard InChI is InChI=1S/C34H42Cl2N6O5/c1-34(2,3)47-33(44)39-27-7-11-42(12-8-27)32-37-19-28(20-38-32)46-30-14-23(13-29(40-30)24-16-25(35)18-26(36)17-24)21-41-9-5-22(6-10-41)15-31(43)45-4/h13-14,16-20,22,27H,5-12,15,21H2,1-4H3,(H,39,44). The zero-order valence-corrected chi connectivity index (χ0v) is 28.8. The zero-order valence-electron chi connectivity index (χ0n) is 27.3. The van der Waals surface area contributed by atoms with Crippen molar-refractivity contribution in [2.24, 2.45) is 5.92 Å². The highest BCUT2D eigenvalue weighted by molar-refractivity contribution is 6.35. The number of carbonyl (C=O) groups excluding carboxylic acids is 2. The van der Waals surface area contributed by atoms with Crippen molar-refractivity contribution in [3.63, 3.8) is 0 Å². The lowest BCUT2D eigenvalue weighted by Gasteiger charge is -2.32. The van der Waals surface area contributed by atoms with Gasteiger partial charge in [-0.25, -0.2) is 19.7 Å². The molecule has 1 amide bonds. The van der Waals surface area contributed by atoms with E-state index in [0.29, 0.717) is 65.3 Å². The number of halogens is 2. The monoisotopic (exact) mass is 684 g/mol. The maximum Gasteiger partial charge on any atom is 0.407 e. The molecule has 2 aromatic heterocycles. The third-order valence-corrected chi connectivity index (χ3v) is 8.59. The Morgan fingerprint density at radius 3 is 2.21 bits per heavy atom. The predicted octanol–water partition coefficient (Wildman–Crippen LogP) is 6.91. The van der Waals surface area contributed by atoms with E-state index in [2.05, 4.69) is 25.1 Å². The molecule has 2 aliphatic rings. The summed E-state index contributed by atoms with van der Waals surface area (Å²) >= 11 is 12.7. The number of hydrogen-bond donors (Lipinski definition) is 1. The third kappa shape index (κ3) is 10.4. The Morgan fingerprint density at radius 1 is 0.936 bits per heavy atom. The molecule has 4 heterocycles. The highest BCUT2D eigenvalue weighted by Crippen LogP contribution is 2.31. The van der Waals surface area contributed by atoms with Crippen LogP contribution in [-0.2, 0) is 20.8 Å². The largest absolute Gasteiger partial charge is 0.469 e. The SMILES string of the molecule is COC(=O)CC1CCN(Cc2cc(Oc3cnc(N4CCC(NC(=O)OC(C)(C)C)CC4)nc3)nc(-c3cc(Cl)cc(Cl)c3)c2)CC1. The lowest BCUT2D eigenvalue weighted by atomic mass is 9.93. The van der Waals surface area contributed by atoms with Crippen molar-refractivity contribution in [2.45, 2.75) is 71.1 Å². The van der Waals surface area contributed by atoms with Crippen LogP contribution in [0.5, 0.6) is 11.6 Å². The summed E-state index contributed by atoms with van der Waals surface area (Å²) in [5, 5.41) is 3.99. The fraction of sp³-hybridized carbons (Fsp3) is 0.500. The van der Waals surface area contributed by atoms with Crippen LogP contribution in [-0.4, -0.2) is 76.8 Å². The van der Waals surface area contributed by atoms with Crippen LogP contribution >= 0.6 is 23.2 Å². The van der Waals surface area contributed by atoms with Crippen molar-refractivity contribution >= 4 is 41.2 Å². The van der Waals surface area contributed by atoms with Crippen LogP contribution in [0.3, 0.4) is 0 Å². The topological polar surface area (TPSA) is 119 Å². The van der Waals surface area contributed by atoms with E-state index in [1.807, 2.05) is 45.0 Å². The lowest BCUT2D eigenvalue weighted by molar-refractivity contribution is -0.142. The molecule has 11 nitrogen and oxygen atoms in total. The van der Waals surface area contributed by atoms with Gasteiger partial charge in [0, 0.05) is 53.8 Å². The third-order valence-electron chi connectivity index (χ3n) is 8.15. The number of esters is 1. The second kappa shape index (κ2) is 15.5. The normalized spacial score (nSPS) is 16.5. The van der Waals surface area contributed by atoms with Crippen LogP contribution in [0, 0.1) is 5.92 Å². The van der Waals surface area contributed by atoms with Gasteiger partial charge in [-0.05, 0) is 95.3 Å². The summed E-state index contributed by atoms with van der Waals surface area (Å²) in [7, 11) is 1.43. The van der Waals surface area contributed by atoms with Crippen LogP contribution in [0.4, 0.5) is 10.7 Å². The number of benzene rings is 1. The Bertz CT molecular complexity index is 1510. The number of hydrogen-bond acceptors (Lipinski definition) is 10. The van der Waals surface area contributed by atoms with Gasteiger partial charge in [-0.1, -0.05) is 23.2 Å². The molecule has 1 N–H and O–H groups in total. The highest BCUT2D eigenvalue weighted by Gasteiger charge is 2.25. The first-order valence-electron chi connectivity index (χ1n) is 15.9. The molecule has 252 valence electrons.